The first-order valence-corrected chi connectivity index (χ1v) is 8.48. The van der Waals surface area contributed by atoms with E-state index in [1.54, 1.807) is 48.5 Å². The zero-order valence-electron chi connectivity index (χ0n) is 13.5. The minimum Gasteiger partial charge on any atom is -0.506 e. The van der Waals surface area contributed by atoms with Gasteiger partial charge in [0.25, 0.3) is 0 Å². The van der Waals surface area contributed by atoms with Gasteiger partial charge in [0, 0.05) is 34.8 Å². The molecule has 1 aliphatic heterocycles. The lowest BCUT2D eigenvalue weighted by Crippen LogP contribution is -2.28. The minimum atomic E-state index is -0.309. The summed E-state index contributed by atoms with van der Waals surface area (Å²) in [7, 11) is 1.84. The molecule has 2 aromatic rings. The smallest absolute Gasteiger partial charge is 0.200 e. The SMILES string of the molecule is CN1CCN=C1/C(C(=O)c1ccc(Cl)cc1)=C(/O)c1ccc(Cl)cc1. The Morgan fingerprint density at radius 3 is 2.00 bits per heavy atom. The number of carbonyl (C=O) groups is 1. The molecule has 0 bridgehead atoms. The van der Waals surface area contributed by atoms with Gasteiger partial charge in [-0.2, -0.15) is 0 Å². The number of halogens is 2. The number of hydrogen-bond donors (Lipinski definition) is 1. The van der Waals surface area contributed by atoms with Crippen LogP contribution >= 0.6 is 23.2 Å². The Kier molecular flexibility index (Phi) is 5.11. The molecular weight excluding hydrogens is 359 g/mol. The predicted octanol–water partition coefficient (Wildman–Crippen LogP) is 4.49. The maximum atomic E-state index is 13.1. The van der Waals surface area contributed by atoms with Crippen molar-refractivity contribution in [3.05, 3.63) is 75.3 Å². The van der Waals surface area contributed by atoms with Crippen molar-refractivity contribution in [2.75, 3.05) is 20.1 Å². The van der Waals surface area contributed by atoms with Crippen molar-refractivity contribution in [3.63, 3.8) is 0 Å². The molecule has 0 saturated carbocycles. The van der Waals surface area contributed by atoms with E-state index < -0.39 is 0 Å². The maximum absolute atomic E-state index is 13.1. The number of Topliss-reactive ketones (excluding diaryl/α,β-unsaturated/α-hetero) is 1. The number of nitrogens with zero attached hydrogens (tertiary/aromatic N) is 2. The van der Waals surface area contributed by atoms with E-state index in [4.69, 9.17) is 23.2 Å². The highest BCUT2D eigenvalue weighted by molar-refractivity contribution is 6.32. The van der Waals surface area contributed by atoms with E-state index in [1.807, 2.05) is 11.9 Å². The molecule has 0 radical (unpaired) electrons. The van der Waals surface area contributed by atoms with Gasteiger partial charge in [-0.15, -0.1) is 0 Å². The van der Waals surface area contributed by atoms with Gasteiger partial charge in [-0.05, 0) is 48.5 Å². The monoisotopic (exact) mass is 374 g/mol. The number of ketones is 1. The lowest BCUT2D eigenvalue weighted by molar-refractivity contribution is 0.103. The van der Waals surface area contributed by atoms with E-state index in [2.05, 4.69) is 4.99 Å². The number of aliphatic hydroxyl groups is 1. The lowest BCUT2D eigenvalue weighted by Gasteiger charge is -2.18. The Labute approximate surface area is 156 Å². The number of carbonyl (C=O) groups excluding carboxylic acids is 1. The highest BCUT2D eigenvalue weighted by Crippen LogP contribution is 2.25. The van der Waals surface area contributed by atoms with Gasteiger partial charge in [0.2, 0.25) is 5.78 Å². The Morgan fingerprint density at radius 1 is 1.00 bits per heavy atom. The molecule has 2 aromatic carbocycles. The number of rotatable bonds is 4. The van der Waals surface area contributed by atoms with Gasteiger partial charge in [-0.25, -0.2) is 0 Å². The predicted molar refractivity (Wildman–Crippen MR) is 102 cm³/mol. The second-order valence-electron chi connectivity index (χ2n) is 5.69. The number of hydrogen-bond acceptors (Lipinski definition) is 4. The van der Waals surface area contributed by atoms with Crippen LogP contribution in [-0.4, -0.2) is 41.8 Å². The van der Waals surface area contributed by atoms with Gasteiger partial charge >= 0.3 is 0 Å². The van der Waals surface area contributed by atoms with Crippen LogP contribution in [0.4, 0.5) is 0 Å². The first kappa shape index (κ1) is 17.5. The normalized spacial score (nSPS) is 15.0. The molecule has 6 heteroatoms. The number of amidine groups is 1. The third kappa shape index (κ3) is 3.70. The van der Waals surface area contributed by atoms with Crippen molar-refractivity contribution in [3.8, 4) is 0 Å². The highest BCUT2D eigenvalue weighted by Gasteiger charge is 2.28. The van der Waals surface area contributed by atoms with Crippen molar-refractivity contribution >= 4 is 40.6 Å². The lowest BCUT2D eigenvalue weighted by atomic mass is 9.98. The molecule has 0 amide bonds. The molecular formula is C19H16Cl2N2O2. The molecule has 0 fully saturated rings. The standard InChI is InChI=1S/C19H16Cl2N2O2/c1-23-11-10-22-19(23)16(17(24)12-2-6-14(20)7-3-12)18(25)13-4-8-15(21)9-5-13/h2-9,24H,10-11H2,1H3/b17-16+. The topological polar surface area (TPSA) is 52.9 Å². The molecule has 25 heavy (non-hydrogen) atoms. The van der Waals surface area contributed by atoms with Crippen LogP contribution in [0.15, 0.2) is 59.1 Å². The zero-order valence-corrected chi connectivity index (χ0v) is 15.1. The first-order valence-electron chi connectivity index (χ1n) is 7.73. The number of likely N-dealkylation sites (N-methyl/N-ethyl adjacent to an activating group) is 1. The van der Waals surface area contributed by atoms with E-state index >= 15 is 0 Å². The summed E-state index contributed by atoms with van der Waals surface area (Å²) in [6.45, 7) is 1.28. The van der Waals surface area contributed by atoms with Crippen LogP contribution in [0.3, 0.4) is 0 Å². The van der Waals surface area contributed by atoms with Crippen molar-refractivity contribution in [2.24, 2.45) is 4.99 Å². The van der Waals surface area contributed by atoms with Crippen LogP contribution in [0.2, 0.25) is 10.0 Å². The van der Waals surface area contributed by atoms with Crippen molar-refractivity contribution < 1.29 is 9.90 Å². The van der Waals surface area contributed by atoms with Gasteiger partial charge in [0.15, 0.2) is 0 Å². The van der Waals surface area contributed by atoms with E-state index in [1.165, 1.54) is 0 Å². The summed E-state index contributed by atoms with van der Waals surface area (Å²) >= 11 is 11.8. The Bertz CT molecular complexity index is 856. The number of aliphatic imine (C=N–C) groups is 1. The Hall–Kier alpha value is -2.30. The summed E-state index contributed by atoms with van der Waals surface area (Å²) in [6, 6.07) is 13.2. The number of benzene rings is 2. The second-order valence-corrected chi connectivity index (χ2v) is 6.57. The maximum Gasteiger partial charge on any atom is 0.200 e. The minimum absolute atomic E-state index is 0.121. The molecule has 0 atom stereocenters. The van der Waals surface area contributed by atoms with Gasteiger partial charge in [-0.3, -0.25) is 9.79 Å². The fourth-order valence-corrected chi connectivity index (χ4v) is 2.87. The van der Waals surface area contributed by atoms with Crippen LogP contribution in [0.25, 0.3) is 5.76 Å². The van der Waals surface area contributed by atoms with Crippen LogP contribution in [0, 0.1) is 0 Å². The molecule has 3 rings (SSSR count). The van der Waals surface area contributed by atoms with Crippen LogP contribution < -0.4 is 0 Å². The summed E-state index contributed by atoms with van der Waals surface area (Å²) in [5.74, 6) is 0.0492. The van der Waals surface area contributed by atoms with Crippen molar-refractivity contribution in [1.82, 2.24) is 4.90 Å². The van der Waals surface area contributed by atoms with Crippen molar-refractivity contribution in [2.45, 2.75) is 0 Å². The molecule has 0 aliphatic carbocycles. The fourth-order valence-electron chi connectivity index (χ4n) is 2.62. The quantitative estimate of drug-likeness (QED) is 0.487. The van der Waals surface area contributed by atoms with Gasteiger partial charge in [-0.1, -0.05) is 23.2 Å². The molecule has 0 spiro atoms. The van der Waals surface area contributed by atoms with Gasteiger partial charge in [0.1, 0.15) is 17.2 Å². The summed E-state index contributed by atoms with van der Waals surface area (Å²) in [5.41, 5.74) is 1.11. The third-order valence-corrected chi connectivity index (χ3v) is 4.47. The van der Waals surface area contributed by atoms with E-state index in [0.717, 1.165) is 0 Å². The molecule has 0 aromatic heterocycles. The Morgan fingerprint density at radius 2 is 1.52 bits per heavy atom. The van der Waals surface area contributed by atoms with E-state index in [0.29, 0.717) is 40.1 Å². The Balaban J connectivity index is 2.12. The summed E-state index contributed by atoms with van der Waals surface area (Å²) < 4.78 is 0. The fraction of sp³-hybridized carbons (Fsp3) is 0.158. The average molecular weight is 375 g/mol. The molecule has 1 aliphatic rings. The van der Waals surface area contributed by atoms with Gasteiger partial charge in [0.05, 0.1) is 6.54 Å². The average Bonchev–Trinajstić information content (AvgIpc) is 3.02. The molecule has 128 valence electrons. The summed E-state index contributed by atoms with van der Waals surface area (Å²) in [4.78, 5) is 19.3. The van der Waals surface area contributed by atoms with Crippen LogP contribution in [-0.2, 0) is 0 Å². The second kappa shape index (κ2) is 7.30. The molecule has 0 unspecified atom stereocenters. The summed E-state index contributed by atoms with van der Waals surface area (Å²) in [6.07, 6.45) is 0. The van der Waals surface area contributed by atoms with Crippen LogP contribution in [0.5, 0.6) is 0 Å². The van der Waals surface area contributed by atoms with E-state index in [-0.39, 0.29) is 17.1 Å². The van der Waals surface area contributed by atoms with Crippen LogP contribution in [0.1, 0.15) is 15.9 Å². The summed E-state index contributed by atoms with van der Waals surface area (Å²) in [5, 5.41) is 11.9. The zero-order chi connectivity index (χ0) is 18.0. The molecule has 4 nitrogen and oxygen atoms in total. The molecule has 1 N–H and O–H groups in total. The molecule has 1 heterocycles. The number of aliphatic hydroxyl groups excluding tert-OH is 1. The third-order valence-electron chi connectivity index (χ3n) is 3.97. The molecule has 0 saturated heterocycles. The van der Waals surface area contributed by atoms with E-state index in [9.17, 15) is 9.90 Å². The largest absolute Gasteiger partial charge is 0.506 e. The first-order chi connectivity index (χ1) is 12.0. The van der Waals surface area contributed by atoms with Crippen molar-refractivity contribution in [1.29, 1.82) is 0 Å². The highest BCUT2D eigenvalue weighted by atomic mass is 35.5. The van der Waals surface area contributed by atoms with Gasteiger partial charge < -0.3 is 10.0 Å².